The molecule has 0 spiro atoms. The Hall–Kier alpha value is -2.97. The van der Waals surface area contributed by atoms with Crippen LogP contribution in [0.15, 0.2) is 46.5 Å². The molecule has 4 rings (SSSR count). The summed E-state index contributed by atoms with van der Waals surface area (Å²) in [6.45, 7) is 1.93. The molecule has 37 heavy (non-hydrogen) atoms. The van der Waals surface area contributed by atoms with E-state index in [1.807, 2.05) is 4.90 Å². The molecule has 1 aromatic heterocycles. The second kappa shape index (κ2) is 10.4. The lowest BCUT2D eigenvalue weighted by Gasteiger charge is -2.43. The van der Waals surface area contributed by atoms with Gasteiger partial charge in [-0.25, -0.2) is 14.3 Å². The molecule has 0 unspecified atom stereocenters. The van der Waals surface area contributed by atoms with E-state index in [1.165, 1.54) is 13.0 Å². The van der Waals surface area contributed by atoms with Gasteiger partial charge in [-0.3, -0.25) is 9.88 Å². The predicted octanol–water partition coefficient (Wildman–Crippen LogP) is 5.01. The van der Waals surface area contributed by atoms with Crippen molar-refractivity contribution in [3.05, 3.63) is 74.8 Å². The quantitative estimate of drug-likeness (QED) is 0.507. The third kappa shape index (κ3) is 6.48. The highest BCUT2D eigenvalue weighted by molar-refractivity contribution is 5.35. The Kier molecular flexibility index (Phi) is 7.62. The zero-order valence-corrected chi connectivity index (χ0v) is 19.4. The first-order valence-corrected chi connectivity index (χ1v) is 11.3. The number of nitrogens with zero attached hydrogens (tertiary/aromatic N) is 2. The van der Waals surface area contributed by atoms with Crippen LogP contribution in [-0.4, -0.2) is 45.6 Å². The van der Waals surface area contributed by atoms with E-state index in [2.05, 4.69) is 15.2 Å². The number of H-pyrrole nitrogens is 2. The number of aromatic nitrogens is 3. The molecular weight excluding hydrogens is 513 g/mol. The van der Waals surface area contributed by atoms with Crippen molar-refractivity contribution in [3.63, 3.8) is 0 Å². The maximum Gasteiger partial charge on any atom is 0.416 e. The summed E-state index contributed by atoms with van der Waals surface area (Å²) in [6, 6.07) is 0.605. The van der Waals surface area contributed by atoms with Crippen LogP contribution in [0, 0.1) is 0 Å². The average molecular weight is 536 g/mol. The van der Waals surface area contributed by atoms with Crippen molar-refractivity contribution in [3.8, 4) is 0 Å². The van der Waals surface area contributed by atoms with E-state index in [9.17, 15) is 35.5 Å². The second-order valence-corrected chi connectivity index (χ2v) is 8.75. The minimum atomic E-state index is -5.00. The number of rotatable bonds is 6. The van der Waals surface area contributed by atoms with Gasteiger partial charge in [0.15, 0.2) is 6.29 Å². The van der Waals surface area contributed by atoms with Crippen LogP contribution in [0.2, 0.25) is 0 Å². The van der Waals surface area contributed by atoms with Crippen LogP contribution in [0.25, 0.3) is 0 Å². The molecule has 1 saturated heterocycles. The number of halogens is 7. The molecule has 202 valence electrons. The van der Waals surface area contributed by atoms with Crippen molar-refractivity contribution in [2.75, 3.05) is 13.2 Å². The molecule has 1 aromatic carbocycles. The van der Waals surface area contributed by atoms with Crippen molar-refractivity contribution < 1.29 is 40.2 Å². The van der Waals surface area contributed by atoms with Gasteiger partial charge in [-0.05, 0) is 48.8 Å². The fourth-order valence-electron chi connectivity index (χ4n) is 4.33. The van der Waals surface area contributed by atoms with Gasteiger partial charge in [0.25, 0.3) is 0 Å². The van der Waals surface area contributed by atoms with Crippen LogP contribution in [0.3, 0.4) is 0 Å². The molecule has 0 amide bonds. The molecule has 7 nitrogen and oxygen atoms in total. The van der Waals surface area contributed by atoms with Gasteiger partial charge in [0.2, 0.25) is 0 Å². The average Bonchev–Trinajstić information content (AvgIpc) is 3.23. The van der Waals surface area contributed by atoms with Crippen LogP contribution in [0.5, 0.6) is 0 Å². The lowest BCUT2D eigenvalue weighted by molar-refractivity contribution is -0.222. The summed E-state index contributed by atoms with van der Waals surface area (Å²) in [4.78, 5) is 15.8. The van der Waals surface area contributed by atoms with Gasteiger partial charge in [-0.1, -0.05) is 6.08 Å². The topological polar surface area (TPSA) is 83.2 Å². The Morgan fingerprint density at radius 1 is 1.11 bits per heavy atom. The van der Waals surface area contributed by atoms with Crippen molar-refractivity contribution in [1.82, 2.24) is 20.1 Å². The molecule has 2 aromatic rings. The van der Waals surface area contributed by atoms with Crippen molar-refractivity contribution in [2.45, 2.75) is 57.1 Å². The van der Waals surface area contributed by atoms with Crippen LogP contribution in [0.4, 0.5) is 30.7 Å². The molecule has 3 atom stereocenters. The second-order valence-electron chi connectivity index (χ2n) is 8.75. The SMILES string of the molecule is C[C@@H](O[C@H]1OCCN(Cc2n[nH]c(=O)[nH]2)[C@H]1C1=CC=C(F)CC1)c1cc(C(F)(F)F)cc(C(F)(F)F)c1. The van der Waals surface area contributed by atoms with Crippen LogP contribution < -0.4 is 5.69 Å². The number of ether oxygens (including phenoxy) is 2. The molecule has 0 radical (unpaired) electrons. The lowest BCUT2D eigenvalue weighted by atomic mass is 9.94. The van der Waals surface area contributed by atoms with E-state index in [0.717, 1.165) is 0 Å². The molecule has 0 saturated carbocycles. The number of benzene rings is 1. The van der Waals surface area contributed by atoms with E-state index < -0.39 is 47.6 Å². The molecule has 0 bridgehead atoms. The van der Waals surface area contributed by atoms with E-state index in [0.29, 0.717) is 36.5 Å². The number of allylic oxidation sites excluding steroid dienone is 3. The van der Waals surface area contributed by atoms with Gasteiger partial charge in [-0.2, -0.15) is 31.4 Å². The van der Waals surface area contributed by atoms with Crippen molar-refractivity contribution in [1.29, 1.82) is 0 Å². The lowest BCUT2D eigenvalue weighted by Crippen LogP contribution is -2.53. The van der Waals surface area contributed by atoms with Gasteiger partial charge in [0.05, 0.1) is 36.4 Å². The van der Waals surface area contributed by atoms with Crippen LogP contribution >= 0.6 is 0 Å². The Morgan fingerprint density at radius 2 is 1.78 bits per heavy atom. The number of morpholine rings is 1. The molecule has 2 aliphatic rings. The number of hydrogen-bond acceptors (Lipinski definition) is 5. The molecular formula is C23H23F7N4O3. The Bertz CT molecular complexity index is 1200. The zero-order chi connectivity index (χ0) is 27.0. The van der Waals surface area contributed by atoms with Crippen molar-refractivity contribution in [2.24, 2.45) is 0 Å². The van der Waals surface area contributed by atoms with Gasteiger partial charge < -0.3 is 9.47 Å². The molecule has 1 aliphatic heterocycles. The zero-order valence-electron chi connectivity index (χ0n) is 19.4. The van der Waals surface area contributed by atoms with Gasteiger partial charge in [-0.15, -0.1) is 0 Å². The highest BCUT2D eigenvalue weighted by atomic mass is 19.4. The van der Waals surface area contributed by atoms with Gasteiger partial charge in [0, 0.05) is 13.0 Å². The fourth-order valence-corrected chi connectivity index (χ4v) is 4.33. The highest BCUT2D eigenvalue weighted by Crippen LogP contribution is 2.39. The maximum atomic E-state index is 13.7. The van der Waals surface area contributed by atoms with Crippen molar-refractivity contribution >= 4 is 0 Å². The van der Waals surface area contributed by atoms with E-state index in [4.69, 9.17) is 9.47 Å². The molecule has 1 fully saturated rings. The summed E-state index contributed by atoms with van der Waals surface area (Å²) < 4.78 is 105. The first-order valence-electron chi connectivity index (χ1n) is 11.3. The number of nitrogens with one attached hydrogen (secondary N) is 2. The van der Waals surface area contributed by atoms with E-state index in [-0.39, 0.29) is 37.0 Å². The first kappa shape index (κ1) is 27.1. The van der Waals surface area contributed by atoms with Crippen LogP contribution in [-0.2, 0) is 28.4 Å². The minimum absolute atomic E-state index is 0.0518. The third-order valence-corrected chi connectivity index (χ3v) is 6.14. The Balaban J connectivity index is 1.65. The summed E-state index contributed by atoms with van der Waals surface area (Å²) in [7, 11) is 0. The molecule has 14 heteroatoms. The fraction of sp³-hybridized carbons (Fsp3) is 0.478. The smallest absolute Gasteiger partial charge is 0.349 e. The maximum absolute atomic E-state index is 13.7. The number of hydrogen-bond donors (Lipinski definition) is 2. The molecule has 1 aliphatic carbocycles. The van der Waals surface area contributed by atoms with E-state index in [1.54, 1.807) is 6.08 Å². The minimum Gasteiger partial charge on any atom is -0.349 e. The van der Waals surface area contributed by atoms with Gasteiger partial charge >= 0.3 is 18.0 Å². The number of alkyl halides is 6. The number of aromatic amines is 2. The summed E-state index contributed by atoms with van der Waals surface area (Å²) in [5.74, 6) is -0.0346. The third-order valence-electron chi connectivity index (χ3n) is 6.14. The Morgan fingerprint density at radius 3 is 2.32 bits per heavy atom. The predicted molar refractivity (Wildman–Crippen MR) is 116 cm³/mol. The normalized spacial score (nSPS) is 22.5. The van der Waals surface area contributed by atoms with Crippen LogP contribution in [0.1, 0.15) is 48.4 Å². The van der Waals surface area contributed by atoms with E-state index >= 15 is 0 Å². The highest BCUT2D eigenvalue weighted by Gasteiger charge is 2.40. The summed E-state index contributed by atoms with van der Waals surface area (Å²) in [5, 5.41) is 6.13. The van der Waals surface area contributed by atoms with Gasteiger partial charge in [0.1, 0.15) is 11.7 Å². The Labute approximate surface area is 205 Å². The summed E-state index contributed by atoms with van der Waals surface area (Å²) in [6.07, 6.45) is -9.10. The molecule has 2 N–H and O–H groups in total. The first-order chi connectivity index (χ1) is 17.3. The molecule has 2 heterocycles. The summed E-state index contributed by atoms with van der Waals surface area (Å²) >= 11 is 0. The largest absolute Gasteiger partial charge is 0.416 e. The standard InChI is InChI=1S/C23H23F7N4O3/c1-12(14-8-15(22(25,26)27)10-16(9-14)23(28,29)30)37-20-19(13-2-4-17(24)5-3-13)34(6-7-36-20)11-18-31-21(35)33-32-18/h2,4,8-10,12,19-20H,3,5-7,11H2,1H3,(H2,31,32,33,35)/t12-,19+,20-/m1/s1. The monoisotopic (exact) mass is 536 g/mol. The summed E-state index contributed by atoms with van der Waals surface area (Å²) in [5.41, 5.74) is -3.06.